The van der Waals surface area contributed by atoms with Gasteiger partial charge in [-0.3, -0.25) is 0 Å². The highest BCUT2D eigenvalue weighted by atomic mass is 35.5. The van der Waals surface area contributed by atoms with Crippen molar-refractivity contribution in [3.63, 3.8) is 0 Å². The maximum absolute atomic E-state index is 6.08. The number of hydrogen-bond acceptors (Lipinski definition) is 0. The molecule has 0 saturated heterocycles. The largest absolute Gasteiger partial charge is 0.118 e. The quantitative estimate of drug-likeness (QED) is 0.614. The zero-order valence-electron chi connectivity index (χ0n) is 10.3. The molecule has 1 heteroatoms. The molecule has 1 aliphatic rings. The number of alkyl halides is 1. The predicted molar refractivity (Wildman–Crippen MR) is 72.0 cm³/mol. The van der Waals surface area contributed by atoms with Crippen LogP contribution in [0, 0.1) is 0 Å². The Labute approximate surface area is 103 Å². The topological polar surface area (TPSA) is 0 Å². The second-order valence-electron chi connectivity index (χ2n) is 5.57. The van der Waals surface area contributed by atoms with Crippen LogP contribution in [0.4, 0.5) is 0 Å². The Hall–Kier alpha value is -0.750. The third-order valence-electron chi connectivity index (χ3n) is 3.19. The summed E-state index contributed by atoms with van der Waals surface area (Å²) in [6.45, 7) is 6.73. The van der Waals surface area contributed by atoms with Crippen molar-refractivity contribution in [2.24, 2.45) is 0 Å². The molecule has 1 aromatic rings. The van der Waals surface area contributed by atoms with Gasteiger partial charge in [0.1, 0.15) is 0 Å². The van der Waals surface area contributed by atoms with Crippen LogP contribution in [0.2, 0.25) is 0 Å². The lowest BCUT2D eigenvalue weighted by atomic mass is 9.86. The Bertz CT molecular complexity index is 392. The van der Waals surface area contributed by atoms with Crippen LogP contribution in [-0.4, -0.2) is 5.38 Å². The van der Waals surface area contributed by atoms with Crippen LogP contribution in [0.1, 0.15) is 44.7 Å². The second kappa shape index (κ2) is 4.25. The summed E-state index contributed by atoms with van der Waals surface area (Å²) >= 11 is 6.08. The van der Waals surface area contributed by atoms with E-state index < -0.39 is 0 Å². The summed E-state index contributed by atoms with van der Waals surface area (Å²) in [5, 5.41) is 0.234. The van der Waals surface area contributed by atoms with Crippen molar-refractivity contribution in [3.05, 3.63) is 41.5 Å². The Kier molecular flexibility index (Phi) is 3.12. The fraction of sp³-hybridized carbons (Fsp3) is 0.467. The van der Waals surface area contributed by atoms with Gasteiger partial charge in [-0.15, -0.1) is 11.6 Å². The molecule has 0 nitrogen and oxygen atoms in total. The fourth-order valence-electron chi connectivity index (χ4n) is 2.10. The van der Waals surface area contributed by atoms with E-state index in [1.807, 2.05) is 0 Å². The zero-order valence-corrected chi connectivity index (χ0v) is 11.0. The van der Waals surface area contributed by atoms with Crippen LogP contribution in [-0.2, 0) is 5.41 Å². The van der Waals surface area contributed by atoms with Crippen LogP contribution < -0.4 is 0 Å². The maximum Gasteiger partial charge on any atom is 0.0525 e. The molecule has 0 N–H and O–H groups in total. The van der Waals surface area contributed by atoms with Gasteiger partial charge in [0.2, 0.25) is 0 Å². The summed E-state index contributed by atoms with van der Waals surface area (Å²) in [7, 11) is 0. The van der Waals surface area contributed by atoms with Crippen LogP contribution in [0.25, 0.3) is 5.57 Å². The Balaban J connectivity index is 2.23. The molecule has 0 heterocycles. The molecule has 0 radical (unpaired) electrons. The van der Waals surface area contributed by atoms with Gasteiger partial charge in [-0.05, 0) is 35.0 Å². The average molecular weight is 235 g/mol. The molecule has 1 atom stereocenters. The van der Waals surface area contributed by atoms with Crippen molar-refractivity contribution in [1.82, 2.24) is 0 Å². The molecule has 0 spiro atoms. The van der Waals surface area contributed by atoms with Gasteiger partial charge in [0.05, 0.1) is 5.38 Å². The van der Waals surface area contributed by atoms with Gasteiger partial charge in [0, 0.05) is 0 Å². The molecule has 0 saturated carbocycles. The first-order chi connectivity index (χ1) is 7.47. The van der Waals surface area contributed by atoms with Crippen LogP contribution in [0.15, 0.2) is 30.3 Å². The molecule has 2 rings (SSSR count). The van der Waals surface area contributed by atoms with E-state index in [4.69, 9.17) is 11.6 Å². The van der Waals surface area contributed by atoms with Crippen molar-refractivity contribution < 1.29 is 0 Å². The lowest BCUT2D eigenvalue weighted by Gasteiger charge is -2.19. The fourth-order valence-corrected chi connectivity index (χ4v) is 2.36. The van der Waals surface area contributed by atoms with Crippen molar-refractivity contribution in [3.8, 4) is 0 Å². The van der Waals surface area contributed by atoms with Gasteiger partial charge >= 0.3 is 0 Å². The molecule has 0 fully saturated rings. The normalized spacial score (nSPS) is 21.0. The zero-order chi connectivity index (χ0) is 11.8. The van der Waals surface area contributed by atoms with Crippen molar-refractivity contribution in [1.29, 1.82) is 0 Å². The van der Waals surface area contributed by atoms with E-state index in [1.165, 1.54) is 16.7 Å². The maximum atomic E-state index is 6.08. The highest BCUT2D eigenvalue weighted by Crippen LogP contribution is 2.31. The molecule has 16 heavy (non-hydrogen) atoms. The molecule has 86 valence electrons. The molecule has 0 bridgehead atoms. The summed E-state index contributed by atoms with van der Waals surface area (Å²) in [6.07, 6.45) is 4.38. The van der Waals surface area contributed by atoms with E-state index in [2.05, 4.69) is 51.1 Å². The van der Waals surface area contributed by atoms with Crippen LogP contribution >= 0.6 is 11.6 Å². The first kappa shape index (κ1) is 11.7. The van der Waals surface area contributed by atoms with E-state index in [-0.39, 0.29) is 10.8 Å². The minimum atomic E-state index is 0.234. The van der Waals surface area contributed by atoms with Crippen molar-refractivity contribution in [2.45, 2.75) is 44.4 Å². The first-order valence-electron chi connectivity index (χ1n) is 5.92. The number of hydrogen-bond donors (Lipinski definition) is 0. The summed E-state index contributed by atoms with van der Waals surface area (Å²) in [6, 6.07) is 8.91. The lowest BCUT2D eigenvalue weighted by molar-refractivity contribution is 0.590. The number of halogens is 1. The van der Waals surface area contributed by atoms with E-state index in [0.717, 1.165) is 12.8 Å². The molecular formula is C15H19Cl. The molecule has 1 unspecified atom stereocenters. The summed E-state index contributed by atoms with van der Waals surface area (Å²) in [5.74, 6) is 0. The highest BCUT2D eigenvalue weighted by molar-refractivity contribution is 6.22. The predicted octanol–water partition coefficient (Wildman–Crippen LogP) is 4.77. The van der Waals surface area contributed by atoms with Gasteiger partial charge in [-0.1, -0.05) is 51.1 Å². The highest BCUT2D eigenvalue weighted by Gasteiger charge is 2.16. The van der Waals surface area contributed by atoms with E-state index in [0.29, 0.717) is 0 Å². The molecule has 1 aliphatic carbocycles. The first-order valence-corrected chi connectivity index (χ1v) is 6.36. The second-order valence-corrected chi connectivity index (χ2v) is 6.13. The number of benzene rings is 1. The standard InChI is InChI=1S/C15H19Cl/c1-15(2,3)13-7-4-11(5-8-13)12-6-9-14(16)10-12/h4-5,7-8,10,14H,6,9H2,1-3H3. The number of rotatable bonds is 1. The minimum Gasteiger partial charge on any atom is -0.118 e. The van der Waals surface area contributed by atoms with E-state index >= 15 is 0 Å². The van der Waals surface area contributed by atoms with Gasteiger partial charge in [0.15, 0.2) is 0 Å². The monoisotopic (exact) mass is 234 g/mol. The third-order valence-corrected chi connectivity index (χ3v) is 3.54. The Morgan fingerprint density at radius 3 is 2.19 bits per heavy atom. The van der Waals surface area contributed by atoms with Crippen LogP contribution in [0.3, 0.4) is 0 Å². The summed E-state index contributed by atoms with van der Waals surface area (Å²) < 4.78 is 0. The van der Waals surface area contributed by atoms with Crippen molar-refractivity contribution >= 4 is 17.2 Å². The molecule has 0 amide bonds. The minimum absolute atomic E-state index is 0.234. The van der Waals surface area contributed by atoms with Gasteiger partial charge in [-0.25, -0.2) is 0 Å². The van der Waals surface area contributed by atoms with Gasteiger partial charge < -0.3 is 0 Å². The summed E-state index contributed by atoms with van der Waals surface area (Å²) in [5.41, 5.74) is 4.35. The summed E-state index contributed by atoms with van der Waals surface area (Å²) in [4.78, 5) is 0. The third kappa shape index (κ3) is 2.49. The van der Waals surface area contributed by atoms with E-state index in [1.54, 1.807) is 0 Å². The van der Waals surface area contributed by atoms with Gasteiger partial charge in [0.25, 0.3) is 0 Å². The average Bonchev–Trinajstić information content (AvgIpc) is 2.64. The smallest absolute Gasteiger partial charge is 0.0525 e. The molecule has 0 aliphatic heterocycles. The SMILES string of the molecule is CC(C)(C)c1ccc(C2=CC(Cl)CC2)cc1. The molecule has 0 aromatic heterocycles. The van der Waals surface area contributed by atoms with Crippen molar-refractivity contribution in [2.75, 3.05) is 0 Å². The Morgan fingerprint density at radius 2 is 1.75 bits per heavy atom. The number of allylic oxidation sites excluding steroid dienone is 2. The van der Waals surface area contributed by atoms with Gasteiger partial charge in [-0.2, -0.15) is 0 Å². The van der Waals surface area contributed by atoms with E-state index in [9.17, 15) is 0 Å². The lowest BCUT2D eigenvalue weighted by Crippen LogP contribution is -2.10. The molecule has 1 aromatic carbocycles. The molecular weight excluding hydrogens is 216 g/mol. The van der Waals surface area contributed by atoms with Crippen LogP contribution in [0.5, 0.6) is 0 Å². The Morgan fingerprint density at radius 1 is 1.12 bits per heavy atom.